The summed E-state index contributed by atoms with van der Waals surface area (Å²) in [5, 5.41) is 2.23. The van der Waals surface area contributed by atoms with Crippen LogP contribution in [0.2, 0.25) is 0 Å². The van der Waals surface area contributed by atoms with Gasteiger partial charge in [-0.15, -0.1) is 12.4 Å². The molecule has 0 saturated carbocycles. The molecule has 1 unspecified atom stereocenters. The highest BCUT2D eigenvalue weighted by molar-refractivity contribution is 6.07. The molecule has 8 heteroatoms. The maximum absolute atomic E-state index is 12.2. The molecule has 0 radical (unpaired) electrons. The van der Waals surface area contributed by atoms with Crippen LogP contribution in [0.25, 0.3) is 0 Å². The predicted molar refractivity (Wildman–Crippen MR) is 75.4 cm³/mol. The van der Waals surface area contributed by atoms with Gasteiger partial charge in [-0.3, -0.25) is 14.9 Å². The van der Waals surface area contributed by atoms with Crippen LogP contribution in [-0.2, 0) is 9.59 Å². The van der Waals surface area contributed by atoms with Gasteiger partial charge in [-0.05, 0) is 26.7 Å². The van der Waals surface area contributed by atoms with Crippen molar-refractivity contribution in [2.45, 2.75) is 38.3 Å². The first-order valence-electron chi connectivity index (χ1n) is 6.49. The Morgan fingerprint density at radius 3 is 2.60 bits per heavy atom. The minimum Gasteiger partial charge on any atom is -0.340 e. The zero-order chi connectivity index (χ0) is 14.2. The molecule has 0 spiro atoms. The topological polar surface area (TPSA) is 95.7 Å². The number of hydrogen-bond acceptors (Lipinski definition) is 4. The normalized spacial score (nSPS) is 25.2. The van der Waals surface area contributed by atoms with E-state index in [1.165, 1.54) is 4.90 Å². The monoisotopic (exact) mass is 304 g/mol. The standard InChI is InChI=1S/C12H20N4O3.ClH/c1-12(2)10(18)14-11(19)16(12)7-9(17)15-5-3-4-8(13)6-15;/h8H,3-7,13H2,1-2H3,(H,14,18,19);1H. The number of carbonyl (C=O) groups excluding carboxylic acids is 3. The van der Waals surface area contributed by atoms with Gasteiger partial charge in [0.15, 0.2) is 0 Å². The van der Waals surface area contributed by atoms with Crippen LogP contribution in [0.3, 0.4) is 0 Å². The lowest BCUT2D eigenvalue weighted by Crippen LogP contribution is -2.52. The number of nitrogens with one attached hydrogen (secondary N) is 1. The summed E-state index contributed by atoms with van der Waals surface area (Å²) in [5.41, 5.74) is 4.85. The molecule has 114 valence electrons. The van der Waals surface area contributed by atoms with Gasteiger partial charge in [0, 0.05) is 19.1 Å². The van der Waals surface area contributed by atoms with Gasteiger partial charge in [-0.1, -0.05) is 0 Å². The zero-order valence-corrected chi connectivity index (χ0v) is 12.5. The van der Waals surface area contributed by atoms with Gasteiger partial charge in [-0.25, -0.2) is 4.79 Å². The van der Waals surface area contributed by atoms with Crippen LogP contribution in [0, 0.1) is 0 Å². The van der Waals surface area contributed by atoms with E-state index in [0.29, 0.717) is 13.1 Å². The number of carbonyl (C=O) groups is 3. The average molecular weight is 305 g/mol. The van der Waals surface area contributed by atoms with E-state index in [1.807, 2.05) is 0 Å². The molecule has 0 aliphatic carbocycles. The van der Waals surface area contributed by atoms with E-state index >= 15 is 0 Å². The summed E-state index contributed by atoms with van der Waals surface area (Å²) < 4.78 is 0. The molecule has 2 aliphatic heterocycles. The van der Waals surface area contributed by atoms with Gasteiger partial charge >= 0.3 is 6.03 Å². The molecule has 20 heavy (non-hydrogen) atoms. The first kappa shape index (κ1) is 16.7. The van der Waals surface area contributed by atoms with E-state index in [0.717, 1.165) is 12.8 Å². The largest absolute Gasteiger partial charge is 0.340 e. The third-order valence-electron chi connectivity index (χ3n) is 3.80. The Morgan fingerprint density at radius 1 is 1.45 bits per heavy atom. The molecular weight excluding hydrogens is 284 g/mol. The molecule has 0 aromatic carbocycles. The molecule has 2 saturated heterocycles. The molecule has 4 amide bonds. The van der Waals surface area contributed by atoms with Crippen LogP contribution < -0.4 is 11.1 Å². The molecular formula is C12H21ClN4O3. The summed E-state index contributed by atoms with van der Waals surface area (Å²) in [5.74, 6) is -0.534. The molecule has 2 fully saturated rings. The minimum atomic E-state index is -0.982. The third kappa shape index (κ3) is 3.04. The minimum absolute atomic E-state index is 0. The Kier molecular flexibility index (Phi) is 4.99. The lowest BCUT2D eigenvalue weighted by molar-refractivity contribution is -0.134. The summed E-state index contributed by atoms with van der Waals surface area (Å²) in [4.78, 5) is 38.4. The number of rotatable bonds is 2. The maximum Gasteiger partial charge on any atom is 0.325 e. The van der Waals surface area contributed by atoms with Gasteiger partial charge in [0.1, 0.15) is 12.1 Å². The van der Waals surface area contributed by atoms with E-state index in [-0.39, 0.29) is 36.8 Å². The number of halogens is 1. The number of nitrogens with two attached hydrogens (primary N) is 1. The van der Waals surface area contributed by atoms with Crippen molar-refractivity contribution in [1.82, 2.24) is 15.1 Å². The first-order chi connectivity index (χ1) is 8.82. The van der Waals surface area contributed by atoms with Gasteiger partial charge in [0.2, 0.25) is 5.91 Å². The van der Waals surface area contributed by atoms with Crippen LogP contribution in [0.5, 0.6) is 0 Å². The molecule has 3 N–H and O–H groups in total. The zero-order valence-electron chi connectivity index (χ0n) is 11.7. The number of piperidine rings is 1. The molecule has 2 heterocycles. The highest BCUT2D eigenvalue weighted by atomic mass is 35.5. The Bertz CT molecular complexity index is 427. The van der Waals surface area contributed by atoms with E-state index in [9.17, 15) is 14.4 Å². The number of hydrogen-bond donors (Lipinski definition) is 2. The summed E-state index contributed by atoms with van der Waals surface area (Å²) >= 11 is 0. The van der Waals surface area contributed by atoms with Crippen LogP contribution in [0.4, 0.5) is 4.79 Å². The smallest absolute Gasteiger partial charge is 0.325 e. The van der Waals surface area contributed by atoms with Gasteiger partial charge < -0.3 is 15.5 Å². The van der Waals surface area contributed by atoms with Crippen LogP contribution in [0.1, 0.15) is 26.7 Å². The number of nitrogens with zero attached hydrogens (tertiary/aromatic N) is 2. The maximum atomic E-state index is 12.2. The molecule has 0 aromatic rings. The quantitative estimate of drug-likeness (QED) is 0.684. The van der Waals surface area contributed by atoms with E-state index < -0.39 is 11.6 Å². The van der Waals surface area contributed by atoms with Gasteiger partial charge in [-0.2, -0.15) is 0 Å². The summed E-state index contributed by atoms with van der Waals surface area (Å²) in [6, 6.07) is -0.510. The Hall–Kier alpha value is -1.34. The van der Waals surface area contributed by atoms with Crippen molar-refractivity contribution in [2.24, 2.45) is 5.73 Å². The first-order valence-corrected chi connectivity index (χ1v) is 6.49. The SMILES string of the molecule is CC1(C)C(=O)NC(=O)N1CC(=O)N1CCCC(N)C1.Cl. The van der Waals surface area contributed by atoms with Crippen LogP contribution in [0.15, 0.2) is 0 Å². The molecule has 1 atom stereocenters. The highest BCUT2D eigenvalue weighted by Gasteiger charge is 2.46. The second-order valence-electron chi connectivity index (χ2n) is 5.65. The second kappa shape index (κ2) is 5.97. The fourth-order valence-corrected chi connectivity index (χ4v) is 2.44. The second-order valence-corrected chi connectivity index (χ2v) is 5.65. The van der Waals surface area contributed by atoms with Crippen molar-refractivity contribution < 1.29 is 14.4 Å². The van der Waals surface area contributed by atoms with Gasteiger partial charge in [0.25, 0.3) is 5.91 Å². The van der Waals surface area contributed by atoms with Gasteiger partial charge in [0.05, 0.1) is 0 Å². The Morgan fingerprint density at radius 2 is 2.10 bits per heavy atom. The van der Waals surface area contributed by atoms with Crippen molar-refractivity contribution in [3.63, 3.8) is 0 Å². The number of imide groups is 1. The Labute approximate surface area is 124 Å². The lowest BCUT2D eigenvalue weighted by Gasteiger charge is -2.34. The lowest BCUT2D eigenvalue weighted by atomic mass is 10.0. The fourth-order valence-electron chi connectivity index (χ4n) is 2.44. The summed E-state index contributed by atoms with van der Waals surface area (Å²) in [6.45, 7) is 4.35. The van der Waals surface area contributed by atoms with Crippen LogP contribution in [-0.4, -0.2) is 58.9 Å². The van der Waals surface area contributed by atoms with Crippen molar-refractivity contribution in [3.8, 4) is 0 Å². The Balaban J connectivity index is 0.00000200. The summed E-state index contributed by atoms with van der Waals surface area (Å²) in [7, 11) is 0. The number of amides is 4. The van der Waals surface area contributed by atoms with Crippen molar-refractivity contribution >= 4 is 30.3 Å². The molecule has 2 rings (SSSR count). The summed E-state index contributed by atoms with van der Waals surface area (Å²) in [6.07, 6.45) is 1.79. The molecule has 7 nitrogen and oxygen atoms in total. The fraction of sp³-hybridized carbons (Fsp3) is 0.750. The predicted octanol–water partition coefficient (Wildman–Crippen LogP) is -0.312. The van der Waals surface area contributed by atoms with E-state index in [4.69, 9.17) is 5.73 Å². The molecule has 2 aliphatic rings. The highest BCUT2D eigenvalue weighted by Crippen LogP contribution is 2.21. The third-order valence-corrected chi connectivity index (χ3v) is 3.80. The van der Waals surface area contributed by atoms with Crippen molar-refractivity contribution in [1.29, 1.82) is 0 Å². The van der Waals surface area contributed by atoms with Crippen LogP contribution >= 0.6 is 12.4 Å². The van der Waals surface area contributed by atoms with E-state index in [2.05, 4.69) is 5.32 Å². The van der Waals surface area contributed by atoms with Crippen molar-refractivity contribution in [2.75, 3.05) is 19.6 Å². The number of urea groups is 1. The molecule has 0 bridgehead atoms. The van der Waals surface area contributed by atoms with Crippen molar-refractivity contribution in [3.05, 3.63) is 0 Å². The van der Waals surface area contributed by atoms with E-state index in [1.54, 1.807) is 18.7 Å². The molecule has 0 aromatic heterocycles. The average Bonchev–Trinajstić information content (AvgIpc) is 2.52. The number of likely N-dealkylation sites (tertiary alicyclic amines) is 1.